The van der Waals surface area contributed by atoms with Crippen molar-refractivity contribution in [2.45, 2.75) is 6.10 Å². The second-order valence-corrected chi connectivity index (χ2v) is 4.63. The zero-order valence-electron chi connectivity index (χ0n) is 10.8. The number of carbonyl (C=O) groups is 1. The number of likely N-dealkylation sites (N-methyl/N-ethyl adjacent to an activating group) is 1. The predicted octanol–water partition coefficient (Wildman–Crippen LogP) is 1.48. The minimum atomic E-state index is -0.0833. The van der Waals surface area contributed by atoms with Gasteiger partial charge in [0.05, 0.1) is 12.7 Å². The van der Waals surface area contributed by atoms with E-state index in [0.29, 0.717) is 13.2 Å². The Hall–Kier alpha value is -1.39. The van der Waals surface area contributed by atoms with Crippen LogP contribution in [0.25, 0.3) is 0 Å². The quantitative estimate of drug-likeness (QED) is 0.814. The number of methoxy groups -OCH3 is 1. The zero-order chi connectivity index (χ0) is 13.0. The van der Waals surface area contributed by atoms with Crippen LogP contribution in [0.15, 0.2) is 30.3 Å². The summed E-state index contributed by atoms with van der Waals surface area (Å²) < 4.78 is 11.0. The molecule has 0 saturated carbocycles. The molecule has 1 heterocycles. The van der Waals surface area contributed by atoms with Crippen molar-refractivity contribution in [3.63, 3.8) is 0 Å². The number of carbonyl (C=O) groups excluding carboxylic acids is 1. The van der Waals surface area contributed by atoms with E-state index in [2.05, 4.69) is 0 Å². The molecule has 0 unspecified atom stereocenters. The SMILES string of the molecule is COC[C@@H]1CN(C)C(=O)CO[C@@H]1c1ccccc1. The van der Waals surface area contributed by atoms with Crippen LogP contribution in [0, 0.1) is 5.92 Å². The van der Waals surface area contributed by atoms with Crippen LogP contribution < -0.4 is 0 Å². The van der Waals surface area contributed by atoms with Gasteiger partial charge in [0.15, 0.2) is 0 Å². The molecule has 1 aliphatic heterocycles. The maximum Gasteiger partial charge on any atom is 0.248 e. The minimum Gasteiger partial charge on any atom is -0.384 e. The fourth-order valence-corrected chi connectivity index (χ4v) is 2.32. The van der Waals surface area contributed by atoms with Crippen molar-refractivity contribution in [3.8, 4) is 0 Å². The maximum absolute atomic E-state index is 11.7. The normalized spacial score (nSPS) is 25.0. The second kappa shape index (κ2) is 5.98. The van der Waals surface area contributed by atoms with E-state index < -0.39 is 0 Å². The molecule has 1 saturated heterocycles. The molecule has 0 aromatic heterocycles. The lowest BCUT2D eigenvalue weighted by Gasteiger charge is -2.25. The summed E-state index contributed by atoms with van der Waals surface area (Å²) in [6.45, 7) is 1.37. The van der Waals surface area contributed by atoms with Crippen LogP contribution in [0.5, 0.6) is 0 Å². The summed E-state index contributed by atoms with van der Waals surface area (Å²) in [5.74, 6) is 0.184. The average Bonchev–Trinajstić information content (AvgIpc) is 2.52. The van der Waals surface area contributed by atoms with Gasteiger partial charge in [-0.25, -0.2) is 0 Å². The van der Waals surface area contributed by atoms with E-state index >= 15 is 0 Å². The molecule has 1 aromatic rings. The highest BCUT2D eigenvalue weighted by atomic mass is 16.5. The molecule has 1 aliphatic rings. The lowest BCUT2D eigenvalue weighted by molar-refractivity contribution is -0.133. The maximum atomic E-state index is 11.7. The van der Waals surface area contributed by atoms with Gasteiger partial charge in [0.2, 0.25) is 5.91 Å². The van der Waals surface area contributed by atoms with Gasteiger partial charge >= 0.3 is 0 Å². The molecule has 0 bridgehead atoms. The van der Waals surface area contributed by atoms with E-state index in [0.717, 1.165) is 5.56 Å². The third-order valence-electron chi connectivity index (χ3n) is 3.26. The average molecular weight is 249 g/mol. The highest BCUT2D eigenvalue weighted by Gasteiger charge is 2.30. The van der Waals surface area contributed by atoms with Gasteiger partial charge < -0.3 is 14.4 Å². The Morgan fingerprint density at radius 3 is 2.78 bits per heavy atom. The number of ether oxygens (including phenoxy) is 2. The Morgan fingerprint density at radius 1 is 1.39 bits per heavy atom. The van der Waals surface area contributed by atoms with Crippen LogP contribution >= 0.6 is 0 Å². The third-order valence-corrected chi connectivity index (χ3v) is 3.26. The summed E-state index contributed by atoms with van der Waals surface area (Å²) >= 11 is 0. The first-order chi connectivity index (χ1) is 8.72. The molecule has 2 rings (SSSR count). The molecule has 18 heavy (non-hydrogen) atoms. The molecule has 0 N–H and O–H groups in total. The topological polar surface area (TPSA) is 38.8 Å². The van der Waals surface area contributed by atoms with Gasteiger partial charge in [-0.1, -0.05) is 30.3 Å². The van der Waals surface area contributed by atoms with Crippen molar-refractivity contribution < 1.29 is 14.3 Å². The highest BCUT2D eigenvalue weighted by molar-refractivity contribution is 5.77. The fourth-order valence-electron chi connectivity index (χ4n) is 2.32. The van der Waals surface area contributed by atoms with Gasteiger partial charge in [-0.2, -0.15) is 0 Å². The standard InChI is InChI=1S/C14H19NO3/c1-15-8-12(9-17-2)14(18-10-13(15)16)11-6-4-3-5-7-11/h3-7,12,14H,8-10H2,1-2H3/t12-,14+/m0/s1. The number of hydrogen-bond donors (Lipinski definition) is 0. The molecule has 4 nitrogen and oxygen atoms in total. The molecule has 2 atom stereocenters. The summed E-state index contributed by atoms with van der Waals surface area (Å²) in [4.78, 5) is 13.4. The Bertz CT molecular complexity index is 393. The monoisotopic (exact) mass is 249 g/mol. The summed E-state index contributed by atoms with van der Waals surface area (Å²) in [6.07, 6.45) is -0.0833. The van der Waals surface area contributed by atoms with Crippen LogP contribution in [-0.4, -0.2) is 44.7 Å². The highest BCUT2D eigenvalue weighted by Crippen LogP contribution is 2.29. The van der Waals surface area contributed by atoms with Crippen LogP contribution in [0.3, 0.4) is 0 Å². The van der Waals surface area contributed by atoms with E-state index in [1.165, 1.54) is 0 Å². The van der Waals surface area contributed by atoms with Crippen molar-refractivity contribution >= 4 is 5.91 Å². The lowest BCUT2D eigenvalue weighted by atomic mass is 9.96. The van der Waals surface area contributed by atoms with Gasteiger partial charge in [0, 0.05) is 26.6 Å². The summed E-state index contributed by atoms with van der Waals surface area (Å²) in [6, 6.07) is 10.0. The first kappa shape index (κ1) is 13.1. The molecular weight excluding hydrogens is 230 g/mol. The van der Waals surface area contributed by atoms with Crippen LogP contribution in [0.4, 0.5) is 0 Å². The van der Waals surface area contributed by atoms with E-state index in [1.807, 2.05) is 37.4 Å². The van der Waals surface area contributed by atoms with Crippen molar-refractivity contribution in [1.29, 1.82) is 0 Å². The van der Waals surface area contributed by atoms with Crippen molar-refractivity contribution in [2.24, 2.45) is 5.92 Å². The second-order valence-electron chi connectivity index (χ2n) is 4.63. The van der Waals surface area contributed by atoms with Crippen LogP contribution in [-0.2, 0) is 14.3 Å². The molecule has 1 fully saturated rings. The van der Waals surface area contributed by atoms with Crippen molar-refractivity contribution in [3.05, 3.63) is 35.9 Å². The van der Waals surface area contributed by atoms with Gasteiger partial charge in [-0.05, 0) is 5.56 Å². The van der Waals surface area contributed by atoms with E-state index in [9.17, 15) is 4.79 Å². The zero-order valence-corrected chi connectivity index (χ0v) is 10.8. The van der Waals surface area contributed by atoms with Gasteiger partial charge in [-0.3, -0.25) is 4.79 Å². The number of benzene rings is 1. The number of nitrogens with zero attached hydrogens (tertiary/aromatic N) is 1. The molecule has 1 aromatic carbocycles. The van der Waals surface area contributed by atoms with Crippen LogP contribution in [0.1, 0.15) is 11.7 Å². The van der Waals surface area contributed by atoms with Gasteiger partial charge in [0.25, 0.3) is 0 Å². The molecule has 0 aliphatic carbocycles. The molecule has 98 valence electrons. The van der Waals surface area contributed by atoms with E-state index in [4.69, 9.17) is 9.47 Å². The fraction of sp³-hybridized carbons (Fsp3) is 0.500. The van der Waals surface area contributed by atoms with E-state index in [1.54, 1.807) is 12.0 Å². The van der Waals surface area contributed by atoms with Gasteiger partial charge in [0.1, 0.15) is 6.61 Å². The number of amides is 1. The largest absolute Gasteiger partial charge is 0.384 e. The Kier molecular flexibility index (Phi) is 4.33. The predicted molar refractivity (Wildman–Crippen MR) is 68.1 cm³/mol. The molecular formula is C14H19NO3. The first-order valence-electron chi connectivity index (χ1n) is 6.12. The molecule has 1 amide bonds. The van der Waals surface area contributed by atoms with Gasteiger partial charge in [-0.15, -0.1) is 0 Å². The molecule has 0 spiro atoms. The minimum absolute atomic E-state index is 0.0227. The summed E-state index contributed by atoms with van der Waals surface area (Å²) in [7, 11) is 3.48. The molecule has 4 heteroatoms. The van der Waals surface area contributed by atoms with Crippen molar-refractivity contribution in [2.75, 3.05) is 33.9 Å². The summed E-state index contributed by atoms with van der Waals surface area (Å²) in [5.41, 5.74) is 1.10. The van der Waals surface area contributed by atoms with Crippen molar-refractivity contribution in [1.82, 2.24) is 4.90 Å². The lowest BCUT2D eigenvalue weighted by Crippen LogP contribution is -2.32. The Balaban J connectivity index is 2.22. The molecule has 0 radical (unpaired) electrons. The smallest absolute Gasteiger partial charge is 0.248 e. The Labute approximate surface area is 107 Å². The summed E-state index contributed by atoms with van der Waals surface area (Å²) in [5, 5.41) is 0. The Morgan fingerprint density at radius 2 is 2.11 bits per heavy atom. The third kappa shape index (κ3) is 2.89. The van der Waals surface area contributed by atoms with Crippen LogP contribution in [0.2, 0.25) is 0 Å². The number of hydrogen-bond acceptors (Lipinski definition) is 3. The first-order valence-corrected chi connectivity index (χ1v) is 6.12. The number of rotatable bonds is 3. The van der Waals surface area contributed by atoms with E-state index in [-0.39, 0.29) is 24.5 Å².